The van der Waals surface area contributed by atoms with Crippen LogP contribution in [0.5, 0.6) is 0 Å². The van der Waals surface area contributed by atoms with Crippen LogP contribution in [0.3, 0.4) is 0 Å². The molecule has 5 heteroatoms. The fraction of sp³-hybridized carbons (Fsp3) is 0.625. The van der Waals surface area contributed by atoms with E-state index in [0.717, 1.165) is 36.3 Å². The fourth-order valence-corrected chi connectivity index (χ4v) is 5.59. The van der Waals surface area contributed by atoms with Crippen molar-refractivity contribution in [2.45, 2.75) is 43.8 Å². The van der Waals surface area contributed by atoms with Crippen LogP contribution in [-0.4, -0.2) is 44.7 Å². The summed E-state index contributed by atoms with van der Waals surface area (Å²) in [4.78, 5) is 2.80. The average Bonchev–Trinajstić information content (AvgIpc) is 2.38. The van der Waals surface area contributed by atoms with Crippen LogP contribution >= 0.6 is 0 Å². The summed E-state index contributed by atoms with van der Waals surface area (Å²) in [5.41, 5.74) is 8.42. The van der Waals surface area contributed by atoms with E-state index in [4.69, 9.17) is 5.73 Å². The Hall–Kier alpha value is -0.910. The number of piperidine rings is 1. The van der Waals surface area contributed by atoms with Gasteiger partial charge in [0, 0.05) is 13.1 Å². The van der Waals surface area contributed by atoms with Gasteiger partial charge in [-0.1, -0.05) is 17.7 Å². The van der Waals surface area contributed by atoms with Gasteiger partial charge in [-0.15, -0.1) is 0 Å². The average molecular weight is 310 g/mol. The van der Waals surface area contributed by atoms with Gasteiger partial charge in [0.15, 0.2) is 9.84 Å². The predicted octanol–water partition coefficient (Wildman–Crippen LogP) is 1.81. The van der Waals surface area contributed by atoms with Crippen LogP contribution in [0.1, 0.15) is 29.5 Å². The van der Waals surface area contributed by atoms with E-state index in [9.17, 15) is 8.42 Å². The number of likely N-dealkylation sites (tertiary alicyclic amines) is 1. The Balaban J connectivity index is 2.24. The fourth-order valence-electron chi connectivity index (χ4n) is 3.41. The number of aryl methyl sites for hydroxylation is 3. The summed E-state index contributed by atoms with van der Waals surface area (Å²) in [6.45, 7) is 8.94. The summed E-state index contributed by atoms with van der Waals surface area (Å²) in [5.74, 6) is 0. The Morgan fingerprint density at radius 2 is 1.67 bits per heavy atom. The normalized spacial score (nSPS) is 18.1. The Bertz CT molecular complexity index is 580. The first-order chi connectivity index (χ1) is 9.86. The summed E-state index contributed by atoms with van der Waals surface area (Å²) in [6.07, 6.45) is 1.41. The number of nitrogens with two attached hydrogens (primary N) is 1. The number of sulfone groups is 1. The lowest BCUT2D eigenvalue weighted by Gasteiger charge is -2.31. The molecule has 0 bridgehead atoms. The Morgan fingerprint density at radius 1 is 1.14 bits per heavy atom. The molecule has 1 aliphatic heterocycles. The van der Waals surface area contributed by atoms with Gasteiger partial charge in [0.2, 0.25) is 0 Å². The van der Waals surface area contributed by atoms with Crippen molar-refractivity contribution in [2.75, 3.05) is 26.2 Å². The molecule has 0 saturated carbocycles. The van der Waals surface area contributed by atoms with Gasteiger partial charge in [-0.25, -0.2) is 8.42 Å². The molecule has 0 aromatic heterocycles. The molecule has 0 radical (unpaired) electrons. The van der Waals surface area contributed by atoms with Crippen LogP contribution in [0.25, 0.3) is 0 Å². The van der Waals surface area contributed by atoms with E-state index in [2.05, 4.69) is 4.90 Å². The van der Waals surface area contributed by atoms with Crippen molar-refractivity contribution < 1.29 is 8.42 Å². The zero-order valence-corrected chi connectivity index (χ0v) is 14.0. The highest BCUT2D eigenvalue weighted by molar-refractivity contribution is 7.92. The molecule has 4 nitrogen and oxygen atoms in total. The molecule has 0 amide bonds. The lowest BCUT2D eigenvalue weighted by atomic mass is 10.1. The molecule has 2 rings (SSSR count). The van der Waals surface area contributed by atoms with Crippen LogP contribution in [0, 0.1) is 20.8 Å². The van der Waals surface area contributed by atoms with Crippen LogP contribution in [0.15, 0.2) is 17.0 Å². The molecular weight excluding hydrogens is 284 g/mol. The maximum atomic E-state index is 13.0. The van der Waals surface area contributed by atoms with Gasteiger partial charge in [-0.05, 0) is 57.8 Å². The summed E-state index contributed by atoms with van der Waals surface area (Å²) in [7, 11) is -3.24. The molecule has 0 unspecified atom stereocenters. The number of benzene rings is 1. The first kappa shape index (κ1) is 16.5. The van der Waals surface area contributed by atoms with Crippen molar-refractivity contribution in [3.05, 3.63) is 28.8 Å². The second kappa shape index (κ2) is 6.46. The topological polar surface area (TPSA) is 63.4 Å². The molecule has 0 spiro atoms. The second-order valence-corrected chi connectivity index (χ2v) is 8.27. The minimum absolute atomic E-state index is 0.258. The van der Waals surface area contributed by atoms with Crippen LogP contribution < -0.4 is 5.73 Å². The first-order valence-electron chi connectivity index (χ1n) is 7.60. The van der Waals surface area contributed by atoms with Gasteiger partial charge in [0.1, 0.15) is 0 Å². The molecule has 1 heterocycles. The van der Waals surface area contributed by atoms with E-state index < -0.39 is 9.84 Å². The number of nitrogens with zero attached hydrogens (tertiary/aromatic N) is 1. The molecule has 1 fully saturated rings. The molecule has 118 valence electrons. The quantitative estimate of drug-likeness (QED) is 0.921. The molecule has 1 saturated heterocycles. The Kier molecular flexibility index (Phi) is 5.07. The maximum Gasteiger partial charge on any atom is 0.181 e. The predicted molar refractivity (Wildman–Crippen MR) is 86.4 cm³/mol. The second-order valence-electron chi connectivity index (χ2n) is 6.10. The monoisotopic (exact) mass is 310 g/mol. The Labute approximate surface area is 128 Å². The summed E-state index contributed by atoms with van der Waals surface area (Å²) in [5, 5.41) is -0.258. The zero-order chi connectivity index (χ0) is 15.6. The van der Waals surface area contributed by atoms with E-state index in [1.807, 2.05) is 32.9 Å². The van der Waals surface area contributed by atoms with Crippen LogP contribution in [0.4, 0.5) is 0 Å². The molecule has 1 aromatic rings. The number of rotatable bonds is 4. The zero-order valence-electron chi connectivity index (χ0n) is 13.2. The lowest BCUT2D eigenvalue weighted by molar-refractivity contribution is 0.236. The van der Waals surface area contributed by atoms with Crippen molar-refractivity contribution in [1.82, 2.24) is 4.90 Å². The van der Waals surface area contributed by atoms with Gasteiger partial charge >= 0.3 is 0 Å². The molecule has 1 aliphatic rings. The van der Waals surface area contributed by atoms with Crippen molar-refractivity contribution >= 4 is 9.84 Å². The highest BCUT2D eigenvalue weighted by Crippen LogP contribution is 2.29. The highest BCUT2D eigenvalue weighted by atomic mass is 32.2. The van der Waals surface area contributed by atoms with E-state index in [-0.39, 0.29) is 5.25 Å². The standard InChI is InChI=1S/C16H26N2O2S/c1-12-10-13(2)16(14(3)11-12)21(19,20)15-4-7-18(8-5-15)9-6-17/h10-11,15H,4-9,17H2,1-3H3. The summed E-state index contributed by atoms with van der Waals surface area (Å²) in [6, 6.07) is 3.92. The molecular formula is C16H26N2O2S. The molecule has 0 atom stereocenters. The Morgan fingerprint density at radius 3 is 2.14 bits per heavy atom. The number of hydrogen-bond acceptors (Lipinski definition) is 4. The minimum atomic E-state index is -3.24. The third kappa shape index (κ3) is 3.47. The van der Waals surface area contributed by atoms with Gasteiger partial charge in [0.05, 0.1) is 10.1 Å². The van der Waals surface area contributed by atoms with Crippen molar-refractivity contribution in [3.63, 3.8) is 0 Å². The lowest BCUT2D eigenvalue weighted by Crippen LogP contribution is -2.41. The van der Waals surface area contributed by atoms with E-state index >= 15 is 0 Å². The minimum Gasteiger partial charge on any atom is -0.329 e. The van der Waals surface area contributed by atoms with E-state index in [1.54, 1.807) is 0 Å². The van der Waals surface area contributed by atoms with Gasteiger partial charge in [-0.2, -0.15) is 0 Å². The van der Waals surface area contributed by atoms with Gasteiger partial charge in [0.25, 0.3) is 0 Å². The third-order valence-corrected chi connectivity index (χ3v) is 6.87. The van der Waals surface area contributed by atoms with E-state index in [0.29, 0.717) is 24.3 Å². The smallest absolute Gasteiger partial charge is 0.181 e. The molecule has 21 heavy (non-hydrogen) atoms. The van der Waals surface area contributed by atoms with Crippen LogP contribution in [-0.2, 0) is 9.84 Å². The van der Waals surface area contributed by atoms with E-state index in [1.165, 1.54) is 0 Å². The van der Waals surface area contributed by atoms with Gasteiger partial charge < -0.3 is 10.6 Å². The highest BCUT2D eigenvalue weighted by Gasteiger charge is 2.33. The molecule has 2 N–H and O–H groups in total. The van der Waals surface area contributed by atoms with Gasteiger partial charge in [-0.3, -0.25) is 0 Å². The molecule has 1 aromatic carbocycles. The third-order valence-electron chi connectivity index (χ3n) is 4.31. The first-order valence-corrected chi connectivity index (χ1v) is 9.15. The molecule has 0 aliphatic carbocycles. The summed E-state index contributed by atoms with van der Waals surface area (Å²) >= 11 is 0. The number of hydrogen-bond donors (Lipinski definition) is 1. The van der Waals surface area contributed by atoms with Crippen molar-refractivity contribution in [3.8, 4) is 0 Å². The van der Waals surface area contributed by atoms with Crippen molar-refractivity contribution in [2.24, 2.45) is 5.73 Å². The maximum absolute atomic E-state index is 13.0. The van der Waals surface area contributed by atoms with Crippen LogP contribution in [0.2, 0.25) is 0 Å². The SMILES string of the molecule is Cc1cc(C)c(S(=O)(=O)C2CCN(CCN)CC2)c(C)c1. The van der Waals surface area contributed by atoms with Crippen molar-refractivity contribution in [1.29, 1.82) is 0 Å². The largest absolute Gasteiger partial charge is 0.329 e. The summed E-state index contributed by atoms with van der Waals surface area (Å²) < 4.78 is 25.9.